The van der Waals surface area contributed by atoms with Gasteiger partial charge in [-0.3, -0.25) is 0 Å². The zero-order chi connectivity index (χ0) is 16.9. The summed E-state index contributed by atoms with van der Waals surface area (Å²) in [6.45, 7) is 2.91. The molecule has 0 aliphatic carbocycles. The van der Waals surface area contributed by atoms with Gasteiger partial charge in [-0.25, -0.2) is 4.98 Å². The Morgan fingerprint density at radius 2 is 2.04 bits per heavy atom. The number of nitrogens with zero attached hydrogens (tertiary/aromatic N) is 5. The fraction of sp³-hybridized carbons (Fsp3) is 0.316. The highest BCUT2D eigenvalue weighted by Gasteiger charge is 2.20. The first-order valence-electron chi connectivity index (χ1n) is 8.72. The molecule has 3 heterocycles. The first-order chi connectivity index (χ1) is 12.4. The van der Waals surface area contributed by atoms with Gasteiger partial charge < -0.3 is 14.8 Å². The molecular weight excluding hydrogens is 312 g/mol. The third kappa shape index (κ3) is 3.85. The highest BCUT2D eigenvalue weighted by atomic mass is 15.3. The Balaban J connectivity index is 1.33. The third-order valence-corrected chi connectivity index (χ3v) is 4.64. The van der Waals surface area contributed by atoms with Gasteiger partial charge in [0.15, 0.2) is 5.82 Å². The molecule has 0 radical (unpaired) electrons. The van der Waals surface area contributed by atoms with E-state index in [0.717, 1.165) is 31.1 Å². The molecule has 4 rings (SSSR count). The zero-order valence-electron chi connectivity index (χ0n) is 14.1. The fourth-order valence-electron chi connectivity index (χ4n) is 3.27. The molecule has 0 bridgehead atoms. The summed E-state index contributed by atoms with van der Waals surface area (Å²) < 4.78 is 2.01. The van der Waals surface area contributed by atoms with E-state index in [9.17, 15) is 0 Å². The van der Waals surface area contributed by atoms with Crippen LogP contribution in [0.25, 0.3) is 5.69 Å². The maximum absolute atomic E-state index is 4.23. The molecule has 6 nitrogen and oxygen atoms in total. The average molecular weight is 334 g/mol. The SMILES string of the molecule is c1cnnc(N2CCC[C@@H](NCc3ccc(-n4ccnc4)cc3)C2)c1. The van der Waals surface area contributed by atoms with E-state index in [1.54, 1.807) is 12.4 Å². The van der Waals surface area contributed by atoms with Crippen molar-refractivity contribution in [2.75, 3.05) is 18.0 Å². The Bertz CT molecular complexity index is 769. The van der Waals surface area contributed by atoms with E-state index in [4.69, 9.17) is 0 Å². The molecule has 6 heteroatoms. The summed E-state index contributed by atoms with van der Waals surface area (Å²) in [6.07, 6.45) is 9.66. The normalized spacial score (nSPS) is 17.6. The van der Waals surface area contributed by atoms with Crippen molar-refractivity contribution < 1.29 is 0 Å². The molecule has 128 valence electrons. The lowest BCUT2D eigenvalue weighted by molar-refractivity contribution is 0.419. The van der Waals surface area contributed by atoms with E-state index < -0.39 is 0 Å². The summed E-state index contributed by atoms with van der Waals surface area (Å²) in [5.74, 6) is 0.971. The summed E-state index contributed by atoms with van der Waals surface area (Å²) in [5, 5.41) is 11.9. The average Bonchev–Trinajstić information content (AvgIpc) is 3.23. The maximum Gasteiger partial charge on any atom is 0.151 e. The molecule has 0 unspecified atom stereocenters. The second kappa shape index (κ2) is 7.44. The predicted molar refractivity (Wildman–Crippen MR) is 97.7 cm³/mol. The quantitative estimate of drug-likeness (QED) is 0.776. The first kappa shape index (κ1) is 15.8. The van der Waals surface area contributed by atoms with Crippen molar-refractivity contribution in [2.45, 2.75) is 25.4 Å². The van der Waals surface area contributed by atoms with Crippen LogP contribution in [0.1, 0.15) is 18.4 Å². The van der Waals surface area contributed by atoms with E-state index in [-0.39, 0.29) is 0 Å². The van der Waals surface area contributed by atoms with E-state index in [1.807, 2.05) is 29.2 Å². The molecule has 1 aliphatic rings. The number of rotatable bonds is 5. The number of hydrogen-bond acceptors (Lipinski definition) is 5. The van der Waals surface area contributed by atoms with Crippen LogP contribution >= 0.6 is 0 Å². The van der Waals surface area contributed by atoms with Crippen LogP contribution in [0, 0.1) is 0 Å². The van der Waals surface area contributed by atoms with Crippen molar-refractivity contribution in [3.63, 3.8) is 0 Å². The van der Waals surface area contributed by atoms with Crippen molar-refractivity contribution in [1.82, 2.24) is 25.1 Å². The molecule has 25 heavy (non-hydrogen) atoms. The van der Waals surface area contributed by atoms with Gasteiger partial charge in [0.05, 0.1) is 6.33 Å². The number of hydrogen-bond donors (Lipinski definition) is 1. The topological polar surface area (TPSA) is 58.9 Å². The van der Waals surface area contributed by atoms with Crippen molar-refractivity contribution in [3.05, 3.63) is 66.9 Å². The summed E-state index contributed by atoms with van der Waals surface area (Å²) in [4.78, 5) is 6.40. The standard InChI is InChI=1S/C19H22N6/c1-4-19(23-22-9-1)24-11-2-3-17(14-24)21-13-16-5-7-18(8-6-16)25-12-10-20-15-25/h1,4-10,12,15,17,21H,2-3,11,13-14H2/t17-/m1/s1. The number of nitrogens with one attached hydrogen (secondary N) is 1. The Hall–Kier alpha value is -2.73. The van der Waals surface area contributed by atoms with Crippen LogP contribution in [-0.4, -0.2) is 38.9 Å². The number of imidazole rings is 1. The Kier molecular flexibility index (Phi) is 4.70. The predicted octanol–water partition coefficient (Wildman–Crippen LogP) is 2.42. The van der Waals surface area contributed by atoms with Crippen LogP contribution in [0.15, 0.2) is 61.3 Å². The van der Waals surface area contributed by atoms with Crippen LogP contribution in [0.2, 0.25) is 0 Å². The second-order valence-electron chi connectivity index (χ2n) is 6.38. The number of anilines is 1. The monoisotopic (exact) mass is 334 g/mol. The van der Waals surface area contributed by atoms with Gasteiger partial charge in [-0.05, 0) is 42.7 Å². The molecule has 0 spiro atoms. The summed E-state index contributed by atoms with van der Waals surface area (Å²) >= 11 is 0. The van der Waals surface area contributed by atoms with Gasteiger partial charge in [-0.1, -0.05) is 12.1 Å². The van der Waals surface area contributed by atoms with Gasteiger partial charge >= 0.3 is 0 Å². The minimum Gasteiger partial charge on any atom is -0.354 e. The molecule has 1 aliphatic heterocycles. The van der Waals surface area contributed by atoms with E-state index in [2.05, 4.69) is 49.7 Å². The lowest BCUT2D eigenvalue weighted by Crippen LogP contribution is -2.45. The van der Waals surface area contributed by atoms with Gasteiger partial charge in [0, 0.05) is 50.0 Å². The lowest BCUT2D eigenvalue weighted by Gasteiger charge is -2.33. The largest absolute Gasteiger partial charge is 0.354 e. The molecule has 2 aromatic heterocycles. The third-order valence-electron chi connectivity index (χ3n) is 4.64. The Morgan fingerprint density at radius 3 is 2.80 bits per heavy atom. The number of benzene rings is 1. The summed E-state index contributed by atoms with van der Waals surface area (Å²) in [5.41, 5.74) is 2.42. The smallest absolute Gasteiger partial charge is 0.151 e. The maximum atomic E-state index is 4.23. The van der Waals surface area contributed by atoms with Crippen LogP contribution in [0.5, 0.6) is 0 Å². The van der Waals surface area contributed by atoms with E-state index in [1.165, 1.54) is 18.4 Å². The van der Waals surface area contributed by atoms with Crippen LogP contribution < -0.4 is 10.2 Å². The summed E-state index contributed by atoms with van der Waals surface area (Å²) in [7, 11) is 0. The second-order valence-corrected chi connectivity index (χ2v) is 6.38. The molecule has 1 atom stereocenters. The molecule has 3 aromatic rings. The van der Waals surface area contributed by atoms with Gasteiger partial charge in [-0.15, -0.1) is 5.10 Å². The van der Waals surface area contributed by atoms with Crippen molar-refractivity contribution >= 4 is 5.82 Å². The van der Waals surface area contributed by atoms with E-state index >= 15 is 0 Å². The van der Waals surface area contributed by atoms with E-state index in [0.29, 0.717) is 6.04 Å². The molecule has 0 saturated carbocycles. The first-order valence-corrected chi connectivity index (χ1v) is 8.72. The van der Waals surface area contributed by atoms with Crippen LogP contribution in [0.4, 0.5) is 5.82 Å². The highest BCUT2D eigenvalue weighted by molar-refractivity contribution is 5.37. The Labute approximate surface area is 147 Å². The molecule has 1 N–H and O–H groups in total. The highest BCUT2D eigenvalue weighted by Crippen LogP contribution is 2.17. The molecular formula is C19H22N6. The number of piperidine rings is 1. The van der Waals surface area contributed by atoms with Crippen molar-refractivity contribution in [3.8, 4) is 5.69 Å². The van der Waals surface area contributed by atoms with Gasteiger partial charge in [0.2, 0.25) is 0 Å². The van der Waals surface area contributed by atoms with Crippen LogP contribution in [0.3, 0.4) is 0 Å². The van der Waals surface area contributed by atoms with Gasteiger partial charge in [-0.2, -0.15) is 5.10 Å². The van der Waals surface area contributed by atoms with Crippen molar-refractivity contribution in [1.29, 1.82) is 0 Å². The molecule has 1 fully saturated rings. The molecule has 1 saturated heterocycles. The molecule has 1 aromatic carbocycles. The van der Waals surface area contributed by atoms with Crippen LogP contribution in [-0.2, 0) is 6.54 Å². The summed E-state index contributed by atoms with van der Waals surface area (Å²) in [6, 6.07) is 13.1. The van der Waals surface area contributed by atoms with Gasteiger partial charge in [0.1, 0.15) is 0 Å². The molecule has 0 amide bonds. The van der Waals surface area contributed by atoms with Gasteiger partial charge in [0.25, 0.3) is 0 Å². The number of aromatic nitrogens is 4. The zero-order valence-corrected chi connectivity index (χ0v) is 14.1. The minimum absolute atomic E-state index is 0.476. The fourth-order valence-corrected chi connectivity index (χ4v) is 3.27. The Morgan fingerprint density at radius 1 is 1.12 bits per heavy atom. The minimum atomic E-state index is 0.476. The lowest BCUT2D eigenvalue weighted by atomic mass is 10.1. The van der Waals surface area contributed by atoms with Crippen molar-refractivity contribution in [2.24, 2.45) is 0 Å².